The van der Waals surface area contributed by atoms with Crippen LogP contribution < -0.4 is 9.64 Å². The van der Waals surface area contributed by atoms with Crippen LogP contribution in [-0.2, 0) is 27.0 Å². The highest BCUT2D eigenvalue weighted by molar-refractivity contribution is 5.78. The number of carbonyl (C=O) groups is 2. The maximum absolute atomic E-state index is 13.9. The van der Waals surface area contributed by atoms with Gasteiger partial charge in [-0.15, -0.1) is 0 Å². The lowest BCUT2D eigenvalue weighted by Gasteiger charge is -2.39. The zero-order valence-electron chi connectivity index (χ0n) is 27.0. The summed E-state index contributed by atoms with van der Waals surface area (Å²) in [7, 11) is 2.86. The number of carbonyl (C=O) groups excluding carboxylic acids is 2. The van der Waals surface area contributed by atoms with Crippen molar-refractivity contribution < 1.29 is 45.8 Å². The van der Waals surface area contributed by atoms with E-state index in [1.54, 1.807) is 26.0 Å². The molecule has 3 aliphatic rings. The van der Waals surface area contributed by atoms with E-state index in [0.717, 1.165) is 17.7 Å². The fraction of sp³-hybridized carbons (Fsp3) is 0.471. The predicted molar refractivity (Wildman–Crippen MR) is 164 cm³/mol. The summed E-state index contributed by atoms with van der Waals surface area (Å²) in [6, 6.07) is 8.48. The number of methoxy groups -OCH3 is 2. The Morgan fingerprint density at radius 1 is 1.04 bits per heavy atom. The molecule has 3 aromatic rings. The van der Waals surface area contributed by atoms with Gasteiger partial charge in [-0.2, -0.15) is 13.2 Å². The van der Waals surface area contributed by atoms with Crippen LogP contribution in [0.2, 0.25) is 0 Å². The molecule has 1 amide bonds. The lowest BCUT2D eigenvalue weighted by atomic mass is 9.71. The maximum Gasteiger partial charge on any atom is 0.416 e. The van der Waals surface area contributed by atoms with Crippen molar-refractivity contribution in [2.75, 3.05) is 32.2 Å². The maximum atomic E-state index is 13.9. The molecule has 48 heavy (non-hydrogen) atoms. The highest BCUT2D eigenvalue weighted by atomic mass is 19.4. The molecule has 9 nitrogen and oxygen atoms in total. The number of alkyl halides is 5. The number of benzene rings is 2. The van der Waals surface area contributed by atoms with Crippen LogP contribution in [0.5, 0.6) is 5.75 Å². The van der Waals surface area contributed by atoms with Crippen molar-refractivity contribution in [3.8, 4) is 16.9 Å². The van der Waals surface area contributed by atoms with Crippen molar-refractivity contribution in [2.24, 2.45) is 5.92 Å². The van der Waals surface area contributed by atoms with Gasteiger partial charge >= 0.3 is 18.2 Å². The number of nitrogens with zero attached hydrogens (tertiary/aromatic N) is 4. The molecule has 2 aromatic carbocycles. The molecular weight excluding hydrogens is 639 g/mol. The Morgan fingerprint density at radius 2 is 1.75 bits per heavy atom. The first-order chi connectivity index (χ1) is 22.6. The summed E-state index contributed by atoms with van der Waals surface area (Å²) < 4.78 is 84.8. The van der Waals surface area contributed by atoms with E-state index >= 15 is 0 Å². The Bertz CT molecular complexity index is 1750. The fourth-order valence-corrected chi connectivity index (χ4v) is 6.76. The van der Waals surface area contributed by atoms with E-state index in [4.69, 9.17) is 14.2 Å². The first-order valence-corrected chi connectivity index (χ1v) is 15.5. The van der Waals surface area contributed by atoms with Gasteiger partial charge in [0.05, 0.1) is 62.8 Å². The summed E-state index contributed by atoms with van der Waals surface area (Å²) in [6.07, 6.45) is -5.13. The molecule has 1 aromatic heterocycles. The van der Waals surface area contributed by atoms with Gasteiger partial charge in [0, 0.05) is 11.1 Å². The average molecular weight is 675 g/mol. The highest BCUT2D eigenvalue weighted by Crippen LogP contribution is 2.46. The van der Waals surface area contributed by atoms with Gasteiger partial charge in [-0.05, 0) is 74.9 Å². The average Bonchev–Trinajstić information content (AvgIpc) is 3.26. The Balaban J connectivity index is 1.38. The zero-order valence-corrected chi connectivity index (χ0v) is 27.0. The van der Waals surface area contributed by atoms with Crippen molar-refractivity contribution in [1.29, 1.82) is 0 Å². The number of amides is 1. The topological polar surface area (TPSA) is 94.1 Å². The molecule has 1 aliphatic carbocycles. The van der Waals surface area contributed by atoms with Gasteiger partial charge in [0.1, 0.15) is 11.9 Å². The minimum Gasteiger partial charge on any atom is -0.496 e. The van der Waals surface area contributed by atoms with Crippen LogP contribution in [0.4, 0.5) is 32.7 Å². The molecule has 1 saturated carbocycles. The van der Waals surface area contributed by atoms with Gasteiger partial charge in [-0.1, -0.05) is 17.7 Å². The van der Waals surface area contributed by atoms with E-state index in [9.17, 15) is 31.5 Å². The summed E-state index contributed by atoms with van der Waals surface area (Å²) in [4.78, 5) is 37.3. The second-order valence-electron chi connectivity index (χ2n) is 12.8. The van der Waals surface area contributed by atoms with Gasteiger partial charge < -0.3 is 19.1 Å². The summed E-state index contributed by atoms with van der Waals surface area (Å²) in [6.45, 7) is 3.65. The van der Waals surface area contributed by atoms with Crippen LogP contribution in [0.3, 0.4) is 0 Å². The molecule has 3 fully saturated rings. The normalized spacial score (nSPS) is 23.3. The number of cyclic esters (lactones) is 1. The summed E-state index contributed by atoms with van der Waals surface area (Å²) in [5.74, 6) is -2.72. The quantitative estimate of drug-likeness (QED) is 0.187. The summed E-state index contributed by atoms with van der Waals surface area (Å²) in [5, 5.41) is 0. The van der Waals surface area contributed by atoms with Crippen LogP contribution in [0.25, 0.3) is 11.1 Å². The molecule has 0 radical (unpaired) electrons. The van der Waals surface area contributed by atoms with E-state index in [1.165, 1.54) is 30.9 Å². The number of hydrogen-bond acceptors (Lipinski definition) is 8. The highest BCUT2D eigenvalue weighted by Gasteiger charge is 2.46. The van der Waals surface area contributed by atoms with Crippen LogP contribution in [0.1, 0.15) is 65.4 Å². The minimum absolute atomic E-state index is 0.0671. The zero-order chi connectivity index (χ0) is 34.7. The molecule has 2 atom stereocenters. The van der Waals surface area contributed by atoms with Crippen LogP contribution in [0, 0.1) is 19.8 Å². The van der Waals surface area contributed by atoms with E-state index in [2.05, 4.69) is 9.97 Å². The molecule has 2 saturated heterocycles. The van der Waals surface area contributed by atoms with E-state index in [1.807, 2.05) is 12.1 Å². The fourth-order valence-electron chi connectivity index (χ4n) is 6.76. The Morgan fingerprint density at radius 3 is 2.38 bits per heavy atom. The predicted octanol–water partition coefficient (Wildman–Crippen LogP) is 6.99. The Labute approximate surface area is 274 Å². The van der Waals surface area contributed by atoms with Gasteiger partial charge in [0.25, 0.3) is 5.92 Å². The van der Waals surface area contributed by atoms with Gasteiger partial charge in [0.2, 0.25) is 5.95 Å². The molecule has 0 unspecified atom stereocenters. The largest absolute Gasteiger partial charge is 0.496 e. The molecule has 0 bridgehead atoms. The Kier molecular flexibility index (Phi) is 8.49. The molecule has 6 rings (SSSR count). The van der Waals surface area contributed by atoms with Gasteiger partial charge in [-0.25, -0.2) is 23.5 Å². The summed E-state index contributed by atoms with van der Waals surface area (Å²) in [5.41, 5.74) is 2.57. The van der Waals surface area contributed by atoms with Crippen LogP contribution in [-0.4, -0.2) is 66.2 Å². The number of aryl methyl sites for hydroxylation is 2. The number of halogens is 5. The number of anilines is 1. The third kappa shape index (κ3) is 6.24. The van der Waals surface area contributed by atoms with E-state index in [0.29, 0.717) is 46.7 Å². The van der Waals surface area contributed by atoms with Crippen molar-refractivity contribution in [3.05, 3.63) is 70.0 Å². The van der Waals surface area contributed by atoms with Crippen molar-refractivity contribution in [2.45, 2.75) is 70.3 Å². The Hall–Kier alpha value is -4.49. The third-order valence-electron chi connectivity index (χ3n) is 9.38. The molecule has 2 aliphatic heterocycles. The van der Waals surface area contributed by atoms with E-state index in [-0.39, 0.29) is 35.9 Å². The molecule has 256 valence electrons. The molecular formula is C34H35F5N4O5. The standard InChI is InChI=1S/C34H35F5N4O5/c1-17-8-22(12-24(9-17)34(37,38)39)29-19(3)43(32(45)48-29)14-26-28(18(2)40-31(41-26)42-15-33(35,36)16-42)25-13-20(6-7-27(25)46-4)21-10-23(11-21)30(44)47-5/h6-9,12-13,19,21,23,29H,10-11,14-16H2,1-5H3/t19-,21-,23-,29-/m0/s1. The summed E-state index contributed by atoms with van der Waals surface area (Å²) >= 11 is 0. The molecule has 0 N–H and O–H groups in total. The van der Waals surface area contributed by atoms with E-state index < -0.39 is 49.0 Å². The van der Waals surface area contributed by atoms with Gasteiger partial charge in [0.15, 0.2) is 0 Å². The van der Waals surface area contributed by atoms with Crippen molar-refractivity contribution in [1.82, 2.24) is 14.9 Å². The second-order valence-corrected chi connectivity index (χ2v) is 12.8. The number of esters is 1. The molecule has 3 heterocycles. The number of rotatable bonds is 8. The number of hydrogen-bond donors (Lipinski definition) is 0. The van der Waals surface area contributed by atoms with Crippen molar-refractivity contribution >= 4 is 18.0 Å². The second kappa shape index (κ2) is 12.2. The minimum atomic E-state index is -4.59. The lowest BCUT2D eigenvalue weighted by molar-refractivity contribution is -0.148. The van der Waals surface area contributed by atoms with Crippen LogP contribution in [0.15, 0.2) is 36.4 Å². The van der Waals surface area contributed by atoms with Crippen molar-refractivity contribution in [3.63, 3.8) is 0 Å². The molecule has 0 spiro atoms. The SMILES string of the molecule is COc1ccc([C@H]2C[C@H](C(=O)OC)C2)cc1-c1c(C)nc(N2CC(F)(F)C2)nc1CN1C(=O)O[C@H](c2cc(C)cc(C(F)(F)F)c2)[C@@H]1C. The lowest BCUT2D eigenvalue weighted by Crippen LogP contribution is -2.57. The molecule has 14 heteroatoms. The first kappa shape index (κ1) is 33.4. The first-order valence-electron chi connectivity index (χ1n) is 15.5. The van der Waals surface area contributed by atoms with Gasteiger partial charge in [-0.3, -0.25) is 9.69 Å². The monoisotopic (exact) mass is 674 g/mol. The third-order valence-corrected chi connectivity index (χ3v) is 9.38. The number of ether oxygens (including phenoxy) is 3. The number of aromatic nitrogens is 2. The van der Waals surface area contributed by atoms with Crippen LogP contribution >= 0.6 is 0 Å². The smallest absolute Gasteiger partial charge is 0.416 e.